The van der Waals surface area contributed by atoms with Crippen molar-refractivity contribution in [3.8, 4) is 11.3 Å². The summed E-state index contributed by atoms with van der Waals surface area (Å²) in [6.45, 7) is 0.792. The summed E-state index contributed by atoms with van der Waals surface area (Å²) in [5.41, 5.74) is 4.15. The second-order valence-electron chi connectivity index (χ2n) is 7.40. The molecule has 0 atom stereocenters. The molecule has 2 nitrogen and oxygen atoms in total. The number of hydrogen-bond acceptors (Lipinski definition) is 3. The number of aromatic nitrogens is 1. The molecule has 7 heteroatoms. The Hall–Kier alpha value is -2.25. The summed E-state index contributed by atoms with van der Waals surface area (Å²) in [4.78, 5) is 6.14. The summed E-state index contributed by atoms with van der Waals surface area (Å²) in [5.74, 6) is -2.70. The predicted octanol–water partition coefficient (Wildman–Crippen LogP) is 7.79. The van der Waals surface area contributed by atoms with E-state index in [1.165, 1.54) is 41.9 Å². The van der Waals surface area contributed by atoms with Crippen LogP contribution in [0.3, 0.4) is 0 Å². The van der Waals surface area contributed by atoms with E-state index in [0.717, 1.165) is 47.6 Å². The highest BCUT2D eigenvalue weighted by atomic mass is 32.2. The molecule has 0 N–H and O–H groups in total. The van der Waals surface area contributed by atoms with Gasteiger partial charge >= 0.3 is 0 Å². The van der Waals surface area contributed by atoms with Crippen LogP contribution in [-0.4, -0.2) is 10.3 Å². The smallest absolute Gasteiger partial charge is 0.288 e. The van der Waals surface area contributed by atoms with Gasteiger partial charge in [0.2, 0.25) is 0 Å². The molecule has 0 amide bonds. The van der Waals surface area contributed by atoms with E-state index < -0.39 is 5.76 Å². The first-order valence-corrected chi connectivity index (χ1v) is 12.1. The highest BCUT2D eigenvalue weighted by molar-refractivity contribution is 7.99. The van der Waals surface area contributed by atoms with Crippen molar-refractivity contribution >= 4 is 28.8 Å². The molecule has 0 radical (unpaired) electrons. The minimum absolute atomic E-state index is 0.260. The molecule has 0 saturated carbocycles. The van der Waals surface area contributed by atoms with Gasteiger partial charge in [-0.05, 0) is 86.2 Å². The second kappa shape index (κ2) is 10.4. The van der Waals surface area contributed by atoms with Gasteiger partial charge in [0.15, 0.2) is 4.80 Å². The van der Waals surface area contributed by atoms with Gasteiger partial charge < -0.3 is 4.57 Å². The topological polar surface area (TPSA) is 17.3 Å². The molecule has 1 aliphatic carbocycles. The minimum Gasteiger partial charge on any atom is -0.316 e. The van der Waals surface area contributed by atoms with E-state index in [1.54, 1.807) is 36.4 Å². The van der Waals surface area contributed by atoms with Gasteiger partial charge in [0.1, 0.15) is 5.82 Å². The Morgan fingerprint density at radius 3 is 2.48 bits per heavy atom. The van der Waals surface area contributed by atoms with Crippen LogP contribution in [0.4, 0.5) is 18.9 Å². The monoisotopic (exact) mass is 460 g/mol. The van der Waals surface area contributed by atoms with Gasteiger partial charge in [-0.15, -0.1) is 11.3 Å². The molecular formula is C24H23F3N2S2. The molecule has 3 aromatic rings. The van der Waals surface area contributed by atoms with Crippen molar-refractivity contribution in [1.29, 1.82) is 0 Å². The van der Waals surface area contributed by atoms with Crippen molar-refractivity contribution in [3.63, 3.8) is 0 Å². The molecule has 4 rings (SSSR count). The fourth-order valence-electron chi connectivity index (χ4n) is 3.69. The van der Waals surface area contributed by atoms with Gasteiger partial charge in [-0.2, -0.15) is 8.78 Å². The molecule has 0 fully saturated rings. The number of halogens is 3. The number of alkyl halides is 2. The number of thiazole rings is 1. The Labute approximate surface area is 188 Å². The van der Waals surface area contributed by atoms with Gasteiger partial charge in [0.25, 0.3) is 5.76 Å². The van der Waals surface area contributed by atoms with Crippen LogP contribution in [0, 0.1) is 5.82 Å². The van der Waals surface area contributed by atoms with Gasteiger partial charge in [-0.25, -0.2) is 9.38 Å². The molecular weight excluding hydrogens is 437 g/mol. The Balaban J connectivity index is 1.66. The van der Waals surface area contributed by atoms with Crippen molar-refractivity contribution in [2.45, 2.75) is 49.3 Å². The fourth-order valence-corrected chi connectivity index (χ4v) is 5.14. The standard InChI is InChI=1S/C24H23F3N2S2/c25-19-8-6-18(7-9-19)22-16-30-24(29(22)15-14-17-4-2-1-3-5-17)28-20-10-12-21(13-11-20)31-23(26)27/h4,6-13,16,23H,1-3,5,14-15H2. The zero-order chi connectivity index (χ0) is 21.6. The van der Waals surface area contributed by atoms with Crippen molar-refractivity contribution in [1.82, 2.24) is 4.57 Å². The van der Waals surface area contributed by atoms with Crippen LogP contribution < -0.4 is 4.80 Å². The second-order valence-corrected chi connectivity index (χ2v) is 9.30. The van der Waals surface area contributed by atoms with E-state index in [9.17, 15) is 13.2 Å². The molecule has 1 aliphatic rings. The van der Waals surface area contributed by atoms with E-state index in [0.29, 0.717) is 16.7 Å². The lowest BCUT2D eigenvalue weighted by molar-refractivity contribution is 0.252. The van der Waals surface area contributed by atoms with Crippen molar-refractivity contribution in [3.05, 3.63) is 76.2 Å². The quantitative estimate of drug-likeness (QED) is 0.260. The Kier molecular flexibility index (Phi) is 7.35. The van der Waals surface area contributed by atoms with Gasteiger partial charge in [0.05, 0.1) is 11.4 Å². The summed E-state index contributed by atoms with van der Waals surface area (Å²) in [6.07, 6.45) is 8.11. The van der Waals surface area contributed by atoms with E-state index in [-0.39, 0.29) is 5.82 Å². The van der Waals surface area contributed by atoms with Crippen molar-refractivity contribution in [2.24, 2.45) is 4.99 Å². The molecule has 0 spiro atoms. The van der Waals surface area contributed by atoms with Gasteiger partial charge in [-0.1, -0.05) is 23.4 Å². The Morgan fingerprint density at radius 2 is 1.81 bits per heavy atom. The third-order valence-corrected chi connectivity index (χ3v) is 6.85. The average Bonchev–Trinajstić information content (AvgIpc) is 3.17. The molecule has 0 aliphatic heterocycles. The lowest BCUT2D eigenvalue weighted by Crippen LogP contribution is -2.16. The molecule has 31 heavy (non-hydrogen) atoms. The van der Waals surface area contributed by atoms with Crippen LogP contribution in [0.5, 0.6) is 0 Å². The predicted molar refractivity (Wildman–Crippen MR) is 122 cm³/mol. The fraction of sp³-hybridized carbons (Fsp3) is 0.292. The maximum Gasteiger partial charge on any atom is 0.288 e. The molecule has 0 saturated heterocycles. The van der Waals surface area contributed by atoms with Crippen LogP contribution in [0.25, 0.3) is 11.3 Å². The third kappa shape index (κ3) is 5.92. The number of rotatable bonds is 7. The van der Waals surface area contributed by atoms with Crippen LogP contribution >= 0.6 is 23.1 Å². The normalized spacial score (nSPS) is 14.8. The Bertz CT molecular complexity index is 1100. The van der Waals surface area contributed by atoms with Gasteiger partial charge in [-0.3, -0.25) is 0 Å². The van der Waals surface area contributed by atoms with Crippen LogP contribution in [0.1, 0.15) is 32.1 Å². The summed E-state index contributed by atoms with van der Waals surface area (Å²) >= 11 is 2.06. The molecule has 0 bridgehead atoms. The van der Waals surface area contributed by atoms with E-state index in [4.69, 9.17) is 4.99 Å². The van der Waals surface area contributed by atoms with E-state index >= 15 is 0 Å². The van der Waals surface area contributed by atoms with E-state index in [1.807, 2.05) is 5.38 Å². The number of allylic oxidation sites excluding steroid dienone is 2. The highest BCUT2D eigenvalue weighted by Gasteiger charge is 2.11. The maximum atomic E-state index is 13.4. The summed E-state index contributed by atoms with van der Waals surface area (Å²) in [7, 11) is 0. The first kappa shape index (κ1) is 22.0. The lowest BCUT2D eigenvalue weighted by Gasteiger charge is -2.14. The zero-order valence-corrected chi connectivity index (χ0v) is 18.6. The maximum absolute atomic E-state index is 13.4. The largest absolute Gasteiger partial charge is 0.316 e. The summed E-state index contributed by atoms with van der Waals surface area (Å²) < 4.78 is 40.7. The molecule has 1 aromatic heterocycles. The number of nitrogens with zero attached hydrogens (tertiary/aromatic N) is 2. The molecule has 0 unspecified atom stereocenters. The SMILES string of the molecule is Fc1ccc(-c2csc(=Nc3ccc(SC(F)F)cc3)n2CCC2=CCCCC2)cc1. The summed E-state index contributed by atoms with van der Waals surface area (Å²) in [6, 6.07) is 13.4. The van der Waals surface area contributed by atoms with Crippen LogP contribution in [0.2, 0.25) is 0 Å². The summed E-state index contributed by atoms with van der Waals surface area (Å²) in [5, 5.41) is 2.04. The molecule has 162 valence electrons. The number of benzene rings is 2. The lowest BCUT2D eigenvalue weighted by atomic mass is 9.97. The highest BCUT2D eigenvalue weighted by Crippen LogP contribution is 2.28. The van der Waals surface area contributed by atoms with E-state index in [2.05, 4.69) is 10.6 Å². The first-order valence-electron chi connectivity index (χ1n) is 10.3. The van der Waals surface area contributed by atoms with Crippen molar-refractivity contribution in [2.75, 3.05) is 0 Å². The third-order valence-electron chi connectivity index (χ3n) is 5.27. The number of hydrogen-bond donors (Lipinski definition) is 0. The van der Waals surface area contributed by atoms with Crippen LogP contribution in [-0.2, 0) is 6.54 Å². The van der Waals surface area contributed by atoms with Crippen LogP contribution in [0.15, 0.2) is 75.4 Å². The molecule has 1 heterocycles. The zero-order valence-electron chi connectivity index (χ0n) is 16.9. The Morgan fingerprint density at radius 1 is 1.03 bits per heavy atom. The van der Waals surface area contributed by atoms with Gasteiger partial charge in [0, 0.05) is 16.8 Å². The van der Waals surface area contributed by atoms with Crippen molar-refractivity contribution < 1.29 is 13.2 Å². The average molecular weight is 461 g/mol. The number of thioether (sulfide) groups is 1. The first-order chi connectivity index (χ1) is 15.1. The minimum atomic E-state index is -2.44. The molecule has 2 aromatic carbocycles.